The predicted octanol–water partition coefficient (Wildman–Crippen LogP) is 0.493. The average molecular weight is 358 g/mol. The van der Waals surface area contributed by atoms with Crippen molar-refractivity contribution in [2.45, 2.75) is 18.4 Å². The van der Waals surface area contributed by atoms with Gasteiger partial charge in [0.1, 0.15) is 5.54 Å². The van der Waals surface area contributed by atoms with Crippen LogP contribution in [0.15, 0.2) is 24.3 Å². The van der Waals surface area contributed by atoms with Gasteiger partial charge in [0.05, 0.1) is 24.2 Å². The molecule has 4 rings (SSSR count). The Balaban J connectivity index is 1.40. The van der Waals surface area contributed by atoms with Gasteiger partial charge in [0, 0.05) is 44.6 Å². The van der Waals surface area contributed by atoms with E-state index in [-0.39, 0.29) is 18.9 Å². The fourth-order valence-corrected chi connectivity index (χ4v) is 3.90. The van der Waals surface area contributed by atoms with Crippen LogP contribution < -0.4 is 0 Å². The minimum atomic E-state index is -0.936. The summed E-state index contributed by atoms with van der Waals surface area (Å²) < 4.78 is 5.35. The topological polar surface area (TPSA) is 98.8 Å². The summed E-state index contributed by atoms with van der Waals surface area (Å²) in [7, 11) is 0. The van der Waals surface area contributed by atoms with Crippen LogP contribution in [-0.4, -0.2) is 81.9 Å². The molecule has 2 N–H and O–H groups in total. The fraction of sp³-hybridized carbons (Fsp3) is 0.500. The molecular formula is C18H22N4O4. The van der Waals surface area contributed by atoms with Gasteiger partial charge in [0.25, 0.3) is 0 Å². The van der Waals surface area contributed by atoms with Crippen molar-refractivity contribution in [3.63, 3.8) is 0 Å². The fourth-order valence-electron chi connectivity index (χ4n) is 3.90. The van der Waals surface area contributed by atoms with Gasteiger partial charge in [-0.05, 0) is 6.07 Å². The summed E-state index contributed by atoms with van der Waals surface area (Å²) >= 11 is 0. The Bertz CT molecular complexity index is 819. The van der Waals surface area contributed by atoms with Gasteiger partial charge >= 0.3 is 5.97 Å². The van der Waals surface area contributed by atoms with Crippen LogP contribution in [0.3, 0.4) is 0 Å². The first-order valence-electron chi connectivity index (χ1n) is 8.86. The Morgan fingerprint density at radius 2 is 2.00 bits per heavy atom. The standard InChI is InChI=1S/C18H22N4O4/c23-16(11-15-13-3-1-2-4-14(13)19-20-15)21-6-8-22(9-7-21)18(17(24)25)5-10-26-12-18/h1-4H,5-12H2,(H,19,20)(H,24,25). The number of carbonyl (C=O) groups excluding carboxylic acids is 1. The largest absolute Gasteiger partial charge is 0.480 e. The number of nitrogens with zero attached hydrogens (tertiary/aromatic N) is 3. The van der Waals surface area contributed by atoms with Crippen molar-refractivity contribution < 1.29 is 19.4 Å². The Kier molecular flexibility index (Phi) is 4.37. The maximum absolute atomic E-state index is 12.7. The predicted molar refractivity (Wildman–Crippen MR) is 93.8 cm³/mol. The maximum atomic E-state index is 12.7. The van der Waals surface area contributed by atoms with Crippen LogP contribution in [0.2, 0.25) is 0 Å². The number of hydrogen-bond acceptors (Lipinski definition) is 5. The summed E-state index contributed by atoms with van der Waals surface area (Å²) in [6.07, 6.45) is 0.768. The first kappa shape index (κ1) is 17.0. The molecule has 1 amide bonds. The molecule has 0 saturated carbocycles. The van der Waals surface area contributed by atoms with Crippen LogP contribution in [0.25, 0.3) is 10.9 Å². The zero-order chi connectivity index (χ0) is 18.1. The molecule has 3 heterocycles. The molecule has 26 heavy (non-hydrogen) atoms. The number of carboxylic acid groups (broad SMARTS) is 1. The van der Waals surface area contributed by atoms with E-state index in [0.29, 0.717) is 39.2 Å². The highest BCUT2D eigenvalue weighted by molar-refractivity contribution is 5.87. The van der Waals surface area contributed by atoms with Crippen molar-refractivity contribution >= 4 is 22.8 Å². The first-order chi connectivity index (χ1) is 12.6. The molecule has 8 nitrogen and oxygen atoms in total. The first-order valence-corrected chi connectivity index (χ1v) is 8.86. The molecule has 2 saturated heterocycles. The Hall–Kier alpha value is -2.45. The second-order valence-electron chi connectivity index (χ2n) is 6.90. The minimum absolute atomic E-state index is 0.0334. The molecule has 0 radical (unpaired) electrons. The number of para-hydroxylation sites is 1. The smallest absolute Gasteiger partial charge is 0.326 e. The number of hydrogen-bond donors (Lipinski definition) is 2. The highest BCUT2D eigenvalue weighted by Gasteiger charge is 2.48. The van der Waals surface area contributed by atoms with Crippen LogP contribution in [0, 0.1) is 0 Å². The van der Waals surface area contributed by atoms with E-state index in [0.717, 1.165) is 16.6 Å². The number of nitrogens with one attached hydrogen (secondary N) is 1. The Morgan fingerprint density at radius 3 is 2.69 bits per heavy atom. The lowest BCUT2D eigenvalue weighted by atomic mass is 9.95. The van der Waals surface area contributed by atoms with Crippen molar-refractivity contribution in [2.24, 2.45) is 0 Å². The van der Waals surface area contributed by atoms with E-state index in [4.69, 9.17) is 4.74 Å². The monoisotopic (exact) mass is 358 g/mol. The summed E-state index contributed by atoms with van der Waals surface area (Å²) in [6, 6.07) is 7.71. The minimum Gasteiger partial charge on any atom is -0.480 e. The number of aromatic amines is 1. The van der Waals surface area contributed by atoms with E-state index >= 15 is 0 Å². The van der Waals surface area contributed by atoms with Gasteiger partial charge in [-0.15, -0.1) is 0 Å². The highest BCUT2D eigenvalue weighted by atomic mass is 16.5. The lowest BCUT2D eigenvalue weighted by Gasteiger charge is -2.42. The van der Waals surface area contributed by atoms with Crippen molar-refractivity contribution in [3.8, 4) is 0 Å². The molecule has 1 atom stereocenters. The van der Waals surface area contributed by atoms with Crippen molar-refractivity contribution in [1.82, 2.24) is 20.0 Å². The number of rotatable bonds is 4. The highest BCUT2D eigenvalue weighted by Crippen LogP contribution is 2.28. The SMILES string of the molecule is O=C(Cc1[nH]nc2ccccc12)N1CCN(C2(C(=O)O)CCOC2)CC1. The molecule has 138 valence electrons. The van der Waals surface area contributed by atoms with Crippen LogP contribution in [0.4, 0.5) is 0 Å². The summed E-state index contributed by atoms with van der Waals surface area (Å²) in [5.74, 6) is -0.801. The molecule has 2 aliphatic rings. The van der Waals surface area contributed by atoms with Gasteiger partial charge in [0.15, 0.2) is 0 Å². The molecule has 8 heteroatoms. The number of carbonyl (C=O) groups is 2. The summed E-state index contributed by atoms with van der Waals surface area (Å²) in [5, 5.41) is 17.8. The van der Waals surface area contributed by atoms with Crippen LogP contribution in [0.5, 0.6) is 0 Å². The second-order valence-corrected chi connectivity index (χ2v) is 6.90. The molecule has 2 aliphatic heterocycles. The summed E-state index contributed by atoms with van der Waals surface area (Å²) in [5.41, 5.74) is 0.735. The molecule has 1 unspecified atom stereocenters. The number of aromatic nitrogens is 2. The molecule has 1 aromatic heterocycles. The van der Waals surface area contributed by atoms with Crippen LogP contribution in [-0.2, 0) is 20.7 Å². The van der Waals surface area contributed by atoms with E-state index in [2.05, 4.69) is 10.2 Å². The third-order valence-corrected chi connectivity index (χ3v) is 5.51. The number of fused-ring (bicyclic) bond motifs is 1. The van der Waals surface area contributed by atoms with E-state index < -0.39 is 11.5 Å². The molecule has 2 aromatic rings. The number of amides is 1. The lowest BCUT2D eigenvalue weighted by molar-refractivity contribution is -0.153. The van der Waals surface area contributed by atoms with Crippen molar-refractivity contribution in [2.75, 3.05) is 39.4 Å². The van der Waals surface area contributed by atoms with Crippen molar-refractivity contribution in [3.05, 3.63) is 30.0 Å². The average Bonchev–Trinajstić information content (AvgIpc) is 3.30. The summed E-state index contributed by atoms with van der Waals surface area (Å²) in [4.78, 5) is 28.2. The van der Waals surface area contributed by atoms with Gasteiger partial charge in [-0.3, -0.25) is 19.6 Å². The molecule has 1 aromatic carbocycles. The zero-order valence-corrected chi connectivity index (χ0v) is 14.5. The van der Waals surface area contributed by atoms with Gasteiger partial charge in [-0.25, -0.2) is 0 Å². The van der Waals surface area contributed by atoms with Gasteiger partial charge in [-0.1, -0.05) is 18.2 Å². The van der Waals surface area contributed by atoms with Gasteiger partial charge in [0.2, 0.25) is 5.91 Å². The van der Waals surface area contributed by atoms with Crippen molar-refractivity contribution in [1.29, 1.82) is 0 Å². The van der Waals surface area contributed by atoms with Gasteiger partial charge < -0.3 is 14.7 Å². The Morgan fingerprint density at radius 1 is 1.23 bits per heavy atom. The normalized spacial score (nSPS) is 24.2. The number of piperazine rings is 1. The molecule has 0 bridgehead atoms. The number of H-pyrrole nitrogens is 1. The second kappa shape index (κ2) is 6.69. The molecular weight excluding hydrogens is 336 g/mol. The molecule has 0 spiro atoms. The molecule has 2 fully saturated rings. The number of carboxylic acids is 1. The number of aliphatic carboxylic acids is 1. The number of ether oxygens (including phenoxy) is 1. The van der Waals surface area contributed by atoms with Gasteiger partial charge in [-0.2, -0.15) is 5.10 Å². The summed E-state index contributed by atoms with van der Waals surface area (Å²) in [6.45, 7) is 2.84. The Labute approximate surface area is 150 Å². The number of benzene rings is 1. The van der Waals surface area contributed by atoms with Crippen LogP contribution >= 0.6 is 0 Å². The third-order valence-electron chi connectivity index (χ3n) is 5.51. The maximum Gasteiger partial charge on any atom is 0.326 e. The van der Waals surface area contributed by atoms with E-state index in [1.54, 1.807) is 4.90 Å². The lowest BCUT2D eigenvalue weighted by Crippen LogP contribution is -2.62. The van der Waals surface area contributed by atoms with Crippen LogP contribution in [0.1, 0.15) is 12.1 Å². The van der Waals surface area contributed by atoms with E-state index in [1.807, 2.05) is 29.2 Å². The zero-order valence-electron chi connectivity index (χ0n) is 14.5. The third kappa shape index (κ3) is 2.85. The van der Waals surface area contributed by atoms with E-state index in [1.165, 1.54) is 0 Å². The van der Waals surface area contributed by atoms with E-state index in [9.17, 15) is 14.7 Å². The quantitative estimate of drug-likeness (QED) is 0.826. The molecule has 0 aliphatic carbocycles.